The van der Waals surface area contributed by atoms with E-state index in [-0.39, 0.29) is 0 Å². The zero-order valence-corrected chi connectivity index (χ0v) is 19.2. The lowest BCUT2D eigenvalue weighted by Gasteiger charge is -2.13. The van der Waals surface area contributed by atoms with Gasteiger partial charge >= 0.3 is 0 Å². The van der Waals surface area contributed by atoms with Crippen molar-refractivity contribution < 1.29 is 14.2 Å². The van der Waals surface area contributed by atoms with E-state index >= 15 is 0 Å². The van der Waals surface area contributed by atoms with Gasteiger partial charge in [-0.25, -0.2) is 4.98 Å². The van der Waals surface area contributed by atoms with Crippen LogP contribution in [0.3, 0.4) is 0 Å². The van der Waals surface area contributed by atoms with Gasteiger partial charge in [-0.15, -0.1) is 0 Å². The average molecular weight is 431 g/mol. The zero-order valence-electron chi connectivity index (χ0n) is 19.2. The zero-order chi connectivity index (χ0) is 22.5. The summed E-state index contributed by atoms with van der Waals surface area (Å²) in [5.41, 5.74) is 4.34. The Morgan fingerprint density at radius 2 is 1.66 bits per heavy atom. The standard InChI is InChI=1S/C27H30N2O3/c1-5-19(2)20-10-13-22(14-11-20)32-17-16-29-24-9-7-6-8-23(24)28-27(29)21-12-15-25(30-3)26(18-21)31-4/h6-15,18-19H,5,16-17H2,1-4H3. The Balaban J connectivity index is 1.58. The van der Waals surface area contributed by atoms with Crippen LogP contribution >= 0.6 is 0 Å². The quantitative estimate of drug-likeness (QED) is 0.312. The monoisotopic (exact) mass is 430 g/mol. The third kappa shape index (κ3) is 4.42. The Hall–Kier alpha value is -3.47. The van der Waals surface area contributed by atoms with Crippen LogP contribution in [0.4, 0.5) is 0 Å². The fourth-order valence-electron chi connectivity index (χ4n) is 3.88. The number of hydrogen-bond donors (Lipinski definition) is 0. The average Bonchev–Trinajstić information content (AvgIpc) is 3.22. The molecule has 5 heteroatoms. The van der Waals surface area contributed by atoms with Crippen LogP contribution in [-0.2, 0) is 6.54 Å². The molecule has 32 heavy (non-hydrogen) atoms. The van der Waals surface area contributed by atoms with E-state index < -0.39 is 0 Å². The summed E-state index contributed by atoms with van der Waals surface area (Å²) in [6.45, 7) is 5.68. The topological polar surface area (TPSA) is 45.5 Å². The molecule has 0 saturated carbocycles. The second-order valence-electron chi connectivity index (χ2n) is 7.87. The number of imidazole rings is 1. The maximum atomic E-state index is 6.08. The van der Waals surface area contributed by atoms with E-state index in [4.69, 9.17) is 19.2 Å². The Morgan fingerprint density at radius 1 is 0.906 bits per heavy atom. The van der Waals surface area contributed by atoms with Gasteiger partial charge < -0.3 is 18.8 Å². The van der Waals surface area contributed by atoms with Crippen molar-refractivity contribution in [2.45, 2.75) is 32.7 Å². The third-order valence-corrected chi connectivity index (χ3v) is 5.94. The molecule has 1 unspecified atom stereocenters. The van der Waals surface area contributed by atoms with E-state index in [1.165, 1.54) is 5.56 Å². The Bertz CT molecular complexity index is 1180. The predicted octanol–water partition coefficient (Wildman–Crippen LogP) is 6.31. The molecule has 1 atom stereocenters. The van der Waals surface area contributed by atoms with E-state index in [1.807, 2.05) is 36.4 Å². The Morgan fingerprint density at radius 3 is 2.38 bits per heavy atom. The fraction of sp³-hybridized carbons (Fsp3) is 0.296. The van der Waals surface area contributed by atoms with Crippen molar-refractivity contribution in [2.24, 2.45) is 0 Å². The number of ether oxygens (including phenoxy) is 3. The molecule has 0 spiro atoms. The van der Waals surface area contributed by atoms with Gasteiger partial charge in [-0.2, -0.15) is 0 Å². The summed E-state index contributed by atoms with van der Waals surface area (Å²) in [4.78, 5) is 4.89. The fourth-order valence-corrected chi connectivity index (χ4v) is 3.88. The lowest BCUT2D eigenvalue weighted by Crippen LogP contribution is -2.09. The molecule has 1 aromatic heterocycles. The van der Waals surface area contributed by atoms with Gasteiger partial charge in [0.25, 0.3) is 0 Å². The summed E-state index contributed by atoms with van der Waals surface area (Å²) in [5, 5.41) is 0. The number of fused-ring (bicyclic) bond motifs is 1. The van der Waals surface area contributed by atoms with Crippen molar-refractivity contribution in [1.82, 2.24) is 9.55 Å². The van der Waals surface area contributed by atoms with Crippen LogP contribution < -0.4 is 14.2 Å². The van der Waals surface area contributed by atoms with Gasteiger partial charge in [-0.05, 0) is 60.4 Å². The second kappa shape index (κ2) is 9.77. The Kier molecular flexibility index (Phi) is 6.64. The minimum Gasteiger partial charge on any atom is -0.493 e. The number of methoxy groups -OCH3 is 2. The molecule has 0 bridgehead atoms. The normalized spacial score (nSPS) is 12.0. The minimum absolute atomic E-state index is 0.545. The number of benzene rings is 3. The molecule has 0 aliphatic carbocycles. The second-order valence-corrected chi connectivity index (χ2v) is 7.87. The molecule has 1 heterocycles. The highest BCUT2D eigenvalue weighted by molar-refractivity contribution is 5.81. The lowest BCUT2D eigenvalue weighted by atomic mass is 9.99. The number of nitrogens with zero attached hydrogens (tertiary/aromatic N) is 2. The molecular formula is C27H30N2O3. The van der Waals surface area contributed by atoms with Crippen LogP contribution in [0.2, 0.25) is 0 Å². The maximum Gasteiger partial charge on any atom is 0.161 e. The number of aromatic nitrogens is 2. The summed E-state index contributed by atoms with van der Waals surface area (Å²) in [5.74, 6) is 3.70. The molecule has 0 aliphatic rings. The van der Waals surface area contributed by atoms with Gasteiger partial charge in [0.2, 0.25) is 0 Å². The van der Waals surface area contributed by atoms with Crippen LogP contribution in [-0.4, -0.2) is 30.4 Å². The van der Waals surface area contributed by atoms with Crippen molar-refractivity contribution in [1.29, 1.82) is 0 Å². The molecule has 0 amide bonds. The molecule has 4 aromatic rings. The van der Waals surface area contributed by atoms with Crippen LogP contribution in [0.25, 0.3) is 22.4 Å². The van der Waals surface area contributed by atoms with Gasteiger partial charge in [0.1, 0.15) is 18.2 Å². The van der Waals surface area contributed by atoms with Gasteiger partial charge in [-0.1, -0.05) is 38.1 Å². The van der Waals surface area contributed by atoms with E-state index in [1.54, 1.807) is 14.2 Å². The van der Waals surface area contributed by atoms with E-state index in [9.17, 15) is 0 Å². The van der Waals surface area contributed by atoms with Gasteiger partial charge in [0.15, 0.2) is 11.5 Å². The highest BCUT2D eigenvalue weighted by atomic mass is 16.5. The lowest BCUT2D eigenvalue weighted by molar-refractivity contribution is 0.300. The van der Waals surface area contributed by atoms with Gasteiger partial charge in [0.05, 0.1) is 31.8 Å². The molecule has 0 radical (unpaired) electrons. The predicted molar refractivity (Wildman–Crippen MR) is 129 cm³/mol. The molecular weight excluding hydrogens is 400 g/mol. The van der Waals surface area contributed by atoms with Crippen molar-refractivity contribution in [3.8, 4) is 28.6 Å². The molecule has 0 N–H and O–H groups in total. The molecule has 5 nitrogen and oxygen atoms in total. The molecule has 4 rings (SSSR count). The summed E-state index contributed by atoms with van der Waals surface area (Å²) < 4.78 is 19.2. The first kappa shape index (κ1) is 21.8. The number of rotatable bonds is 9. The molecule has 0 fully saturated rings. The van der Waals surface area contributed by atoms with Crippen molar-refractivity contribution in [3.05, 3.63) is 72.3 Å². The van der Waals surface area contributed by atoms with E-state index in [0.717, 1.165) is 34.6 Å². The van der Waals surface area contributed by atoms with E-state index in [0.29, 0.717) is 30.6 Å². The Labute approximate surface area is 189 Å². The molecule has 0 saturated heterocycles. The van der Waals surface area contributed by atoms with Gasteiger partial charge in [-0.3, -0.25) is 0 Å². The van der Waals surface area contributed by atoms with Crippen molar-refractivity contribution in [3.63, 3.8) is 0 Å². The molecule has 166 valence electrons. The summed E-state index contributed by atoms with van der Waals surface area (Å²) in [6.07, 6.45) is 1.13. The van der Waals surface area contributed by atoms with Crippen molar-refractivity contribution in [2.75, 3.05) is 20.8 Å². The van der Waals surface area contributed by atoms with Crippen LogP contribution in [0, 0.1) is 0 Å². The molecule has 0 aliphatic heterocycles. The SMILES string of the molecule is CCC(C)c1ccc(OCCn2c(-c3ccc(OC)c(OC)c3)nc3ccccc32)cc1. The van der Waals surface area contributed by atoms with Crippen molar-refractivity contribution >= 4 is 11.0 Å². The molecule has 3 aromatic carbocycles. The highest BCUT2D eigenvalue weighted by Crippen LogP contribution is 2.33. The van der Waals surface area contributed by atoms with Crippen LogP contribution in [0.15, 0.2) is 66.7 Å². The summed E-state index contributed by atoms with van der Waals surface area (Å²) >= 11 is 0. The van der Waals surface area contributed by atoms with E-state index in [2.05, 4.69) is 48.7 Å². The smallest absolute Gasteiger partial charge is 0.161 e. The summed E-state index contributed by atoms with van der Waals surface area (Å²) in [7, 11) is 3.28. The summed E-state index contributed by atoms with van der Waals surface area (Å²) in [6, 6.07) is 22.5. The largest absolute Gasteiger partial charge is 0.493 e. The van der Waals surface area contributed by atoms with Crippen LogP contribution in [0.1, 0.15) is 31.7 Å². The minimum atomic E-state index is 0.545. The van der Waals surface area contributed by atoms with Crippen LogP contribution in [0.5, 0.6) is 17.2 Å². The maximum absolute atomic E-state index is 6.08. The highest BCUT2D eigenvalue weighted by Gasteiger charge is 2.15. The first-order valence-electron chi connectivity index (χ1n) is 11.0. The first-order valence-corrected chi connectivity index (χ1v) is 11.0. The third-order valence-electron chi connectivity index (χ3n) is 5.94. The number of hydrogen-bond acceptors (Lipinski definition) is 4. The van der Waals surface area contributed by atoms with Gasteiger partial charge in [0, 0.05) is 5.56 Å². The first-order chi connectivity index (χ1) is 15.6. The number of para-hydroxylation sites is 2.